The smallest absolute Gasteiger partial charge is 0.300 e. The van der Waals surface area contributed by atoms with Crippen molar-refractivity contribution in [2.75, 3.05) is 19.1 Å². The number of halogens is 1. The zero-order valence-electron chi connectivity index (χ0n) is 17.3. The molecule has 1 aliphatic rings. The maximum atomic E-state index is 13.1. The molecule has 2 aromatic carbocycles. The Morgan fingerprint density at radius 3 is 2.44 bits per heavy atom. The van der Waals surface area contributed by atoms with E-state index in [9.17, 15) is 14.7 Å². The monoisotopic (exact) mass is 450 g/mol. The molecular formula is C24H19ClN2O5. The largest absolute Gasteiger partial charge is 0.507 e. The number of methoxy groups -OCH3 is 2. The Labute approximate surface area is 189 Å². The van der Waals surface area contributed by atoms with Gasteiger partial charge >= 0.3 is 0 Å². The van der Waals surface area contributed by atoms with Gasteiger partial charge in [-0.15, -0.1) is 0 Å². The number of aliphatic hydroxyl groups is 1. The van der Waals surface area contributed by atoms with E-state index in [4.69, 9.17) is 21.1 Å². The third kappa shape index (κ3) is 3.67. The Morgan fingerprint density at radius 2 is 1.78 bits per heavy atom. The van der Waals surface area contributed by atoms with Crippen LogP contribution in [0.25, 0.3) is 5.76 Å². The Morgan fingerprint density at radius 1 is 1.03 bits per heavy atom. The summed E-state index contributed by atoms with van der Waals surface area (Å²) in [5, 5.41) is 11.4. The molecule has 7 nitrogen and oxygen atoms in total. The SMILES string of the molecule is COc1cccc(N2C(=O)C(=O)/C(=C(/O)c3ccc(OC)c(Cl)c3)C2c2ccncc2)c1. The number of benzene rings is 2. The van der Waals surface area contributed by atoms with Gasteiger partial charge in [-0.25, -0.2) is 0 Å². The van der Waals surface area contributed by atoms with Crippen molar-refractivity contribution in [2.24, 2.45) is 0 Å². The van der Waals surface area contributed by atoms with Crippen LogP contribution in [0.4, 0.5) is 5.69 Å². The van der Waals surface area contributed by atoms with Crippen molar-refractivity contribution in [1.82, 2.24) is 4.98 Å². The average Bonchev–Trinajstić information content (AvgIpc) is 3.09. The maximum Gasteiger partial charge on any atom is 0.300 e. The van der Waals surface area contributed by atoms with Crippen LogP contribution in [0.2, 0.25) is 5.02 Å². The predicted molar refractivity (Wildman–Crippen MR) is 120 cm³/mol. The summed E-state index contributed by atoms with van der Waals surface area (Å²) in [6.07, 6.45) is 3.12. The van der Waals surface area contributed by atoms with E-state index < -0.39 is 17.7 Å². The van der Waals surface area contributed by atoms with Gasteiger partial charge in [0.2, 0.25) is 0 Å². The van der Waals surface area contributed by atoms with Crippen LogP contribution in [0, 0.1) is 0 Å². The second kappa shape index (κ2) is 8.72. The molecule has 0 radical (unpaired) electrons. The number of rotatable bonds is 5. The van der Waals surface area contributed by atoms with E-state index in [2.05, 4.69) is 4.98 Å². The lowest BCUT2D eigenvalue weighted by Gasteiger charge is -2.25. The number of hydrogen-bond donors (Lipinski definition) is 1. The van der Waals surface area contributed by atoms with E-state index in [0.717, 1.165) is 0 Å². The lowest BCUT2D eigenvalue weighted by atomic mass is 9.95. The molecule has 2 heterocycles. The molecule has 1 fully saturated rings. The first-order chi connectivity index (χ1) is 15.5. The van der Waals surface area contributed by atoms with Crippen molar-refractivity contribution in [3.63, 3.8) is 0 Å². The van der Waals surface area contributed by atoms with Crippen molar-refractivity contribution >= 4 is 34.7 Å². The highest BCUT2D eigenvalue weighted by Crippen LogP contribution is 2.43. The van der Waals surface area contributed by atoms with Gasteiger partial charge in [-0.3, -0.25) is 19.5 Å². The number of Topliss-reactive ketones (excluding diaryl/α,β-unsaturated/α-hetero) is 1. The van der Waals surface area contributed by atoms with Gasteiger partial charge in [-0.1, -0.05) is 17.7 Å². The van der Waals surface area contributed by atoms with Crippen LogP contribution in [-0.2, 0) is 9.59 Å². The van der Waals surface area contributed by atoms with Crippen molar-refractivity contribution in [1.29, 1.82) is 0 Å². The predicted octanol–water partition coefficient (Wildman–Crippen LogP) is 4.38. The number of aromatic nitrogens is 1. The maximum absolute atomic E-state index is 13.1. The third-order valence-corrected chi connectivity index (χ3v) is 5.52. The minimum Gasteiger partial charge on any atom is -0.507 e. The fraction of sp³-hybridized carbons (Fsp3) is 0.125. The number of ketones is 1. The highest BCUT2D eigenvalue weighted by atomic mass is 35.5. The zero-order chi connectivity index (χ0) is 22.8. The molecule has 0 saturated carbocycles. The van der Waals surface area contributed by atoms with E-state index >= 15 is 0 Å². The lowest BCUT2D eigenvalue weighted by molar-refractivity contribution is -0.132. The summed E-state index contributed by atoms with van der Waals surface area (Å²) in [6, 6.07) is 14.0. The highest BCUT2D eigenvalue weighted by molar-refractivity contribution is 6.51. The van der Waals surface area contributed by atoms with Gasteiger partial charge < -0.3 is 14.6 Å². The van der Waals surface area contributed by atoms with E-state index in [1.807, 2.05) is 0 Å². The van der Waals surface area contributed by atoms with Crippen molar-refractivity contribution < 1.29 is 24.2 Å². The molecule has 8 heteroatoms. The molecule has 1 atom stereocenters. The van der Waals surface area contributed by atoms with Gasteiger partial charge in [-0.05, 0) is 48.0 Å². The second-order valence-electron chi connectivity index (χ2n) is 7.00. The van der Waals surface area contributed by atoms with E-state index in [0.29, 0.717) is 28.3 Å². The molecular weight excluding hydrogens is 432 g/mol. The van der Waals surface area contributed by atoms with Crippen molar-refractivity contribution in [2.45, 2.75) is 6.04 Å². The van der Waals surface area contributed by atoms with Gasteiger partial charge in [0, 0.05) is 29.7 Å². The summed E-state index contributed by atoms with van der Waals surface area (Å²) in [5.41, 5.74) is 1.31. The van der Waals surface area contributed by atoms with Crippen LogP contribution < -0.4 is 14.4 Å². The molecule has 1 aromatic heterocycles. The van der Waals surface area contributed by atoms with Gasteiger partial charge in [0.15, 0.2) is 0 Å². The number of hydrogen-bond acceptors (Lipinski definition) is 6. The first-order valence-corrected chi connectivity index (χ1v) is 10.0. The number of carbonyl (C=O) groups excluding carboxylic acids is 2. The Hall–Kier alpha value is -3.84. The number of anilines is 1. The van der Waals surface area contributed by atoms with E-state index in [-0.39, 0.29) is 16.4 Å². The van der Waals surface area contributed by atoms with E-state index in [1.54, 1.807) is 60.9 Å². The minimum absolute atomic E-state index is 0.0507. The Balaban J connectivity index is 1.93. The summed E-state index contributed by atoms with van der Waals surface area (Å²) < 4.78 is 10.4. The number of amides is 1. The van der Waals surface area contributed by atoms with Crippen LogP contribution in [0.1, 0.15) is 17.2 Å². The molecule has 3 aromatic rings. The van der Waals surface area contributed by atoms with Crippen LogP contribution in [-0.4, -0.2) is 36.0 Å². The molecule has 1 N–H and O–H groups in total. The molecule has 1 aliphatic heterocycles. The molecule has 1 amide bonds. The fourth-order valence-electron chi connectivity index (χ4n) is 3.69. The first-order valence-electron chi connectivity index (χ1n) is 9.65. The number of nitrogens with zero attached hydrogens (tertiary/aromatic N) is 2. The summed E-state index contributed by atoms with van der Waals surface area (Å²) in [7, 11) is 2.99. The van der Waals surface area contributed by atoms with Gasteiger partial charge in [0.1, 0.15) is 17.3 Å². The molecule has 0 bridgehead atoms. The fourth-order valence-corrected chi connectivity index (χ4v) is 3.95. The molecule has 4 rings (SSSR count). The summed E-state index contributed by atoms with van der Waals surface area (Å²) in [6.45, 7) is 0. The summed E-state index contributed by atoms with van der Waals surface area (Å²) in [5.74, 6) is -0.953. The molecule has 162 valence electrons. The lowest BCUT2D eigenvalue weighted by Crippen LogP contribution is -2.29. The zero-order valence-corrected chi connectivity index (χ0v) is 18.0. The van der Waals surface area contributed by atoms with Crippen molar-refractivity contribution in [3.05, 3.63) is 88.7 Å². The quantitative estimate of drug-likeness (QED) is 0.352. The number of pyridine rings is 1. The van der Waals surface area contributed by atoms with Gasteiger partial charge in [0.25, 0.3) is 11.7 Å². The summed E-state index contributed by atoms with van der Waals surface area (Å²) in [4.78, 5) is 31.6. The molecule has 32 heavy (non-hydrogen) atoms. The van der Waals surface area contributed by atoms with Crippen LogP contribution >= 0.6 is 11.6 Å². The summed E-state index contributed by atoms with van der Waals surface area (Å²) >= 11 is 6.21. The van der Waals surface area contributed by atoms with Crippen LogP contribution in [0.5, 0.6) is 11.5 Å². The van der Waals surface area contributed by atoms with E-state index in [1.165, 1.54) is 25.2 Å². The van der Waals surface area contributed by atoms with Crippen molar-refractivity contribution in [3.8, 4) is 11.5 Å². The second-order valence-corrected chi connectivity index (χ2v) is 7.41. The average molecular weight is 451 g/mol. The molecule has 0 aliphatic carbocycles. The molecule has 1 saturated heterocycles. The highest BCUT2D eigenvalue weighted by Gasteiger charge is 2.47. The normalized spacial score (nSPS) is 17.5. The third-order valence-electron chi connectivity index (χ3n) is 5.22. The Bertz CT molecular complexity index is 1230. The number of carbonyl (C=O) groups is 2. The minimum atomic E-state index is -0.869. The number of ether oxygens (including phenoxy) is 2. The standard InChI is InChI=1S/C24H19ClN2O5/c1-31-17-5-3-4-16(13-17)27-21(14-8-10-26-11-9-14)20(23(29)24(27)30)22(28)15-6-7-19(32-2)18(25)12-15/h3-13,21,28H,1-2H3/b22-20+. The van der Waals surface area contributed by atoms with Gasteiger partial charge in [-0.2, -0.15) is 0 Å². The Kier molecular flexibility index (Phi) is 5.83. The van der Waals surface area contributed by atoms with Crippen LogP contribution in [0.3, 0.4) is 0 Å². The molecule has 1 unspecified atom stereocenters. The van der Waals surface area contributed by atoms with Gasteiger partial charge in [0.05, 0.1) is 30.9 Å². The number of aliphatic hydroxyl groups excluding tert-OH is 1. The van der Waals surface area contributed by atoms with Crippen LogP contribution in [0.15, 0.2) is 72.6 Å². The molecule has 0 spiro atoms. The first kappa shape index (κ1) is 21.4. The topological polar surface area (TPSA) is 89.0 Å².